The van der Waals surface area contributed by atoms with E-state index in [0.29, 0.717) is 12.2 Å². The topological polar surface area (TPSA) is 75.1 Å². The zero-order valence-electron chi connectivity index (χ0n) is 10.0. The summed E-state index contributed by atoms with van der Waals surface area (Å²) in [7, 11) is 0. The highest BCUT2D eigenvalue weighted by atomic mass is 32.2. The Hall–Kier alpha value is -1.30. The number of anilines is 1. The molecule has 0 bridgehead atoms. The van der Waals surface area contributed by atoms with Crippen molar-refractivity contribution in [3.8, 4) is 0 Å². The summed E-state index contributed by atoms with van der Waals surface area (Å²) < 4.78 is 0. The summed E-state index contributed by atoms with van der Waals surface area (Å²) in [5, 5.41) is 19.7. The molecule has 0 radical (unpaired) electrons. The quantitative estimate of drug-likeness (QED) is 0.724. The van der Waals surface area contributed by atoms with E-state index >= 15 is 0 Å². The summed E-state index contributed by atoms with van der Waals surface area (Å²) in [6, 6.07) is 2.94. The maximum atomic E-state index is 11.0. The molecule has 0 saturated heterocycles. The number of carbonyl (C=O) groups is 1. The van der Waals surface area contributed by atoms with Crippen LogP contribution in [0.5, 0.6) is 0 Å². The van der Waals surface area contributed by atoms with Crippen LogP contribution in [0.25, 0.3) is 0 Å². The first-order valence-electron chi connectivity index (χ1n) is 5.51. The van der Waals surface area contributed by atoms with Crippen LogP contribution < -0.4 is 5.32 Å². The molecule has 17 heavy (non-hydrogen) atoms. The number of nitrogens with one attached hydrogen (secondary N) is 1. The molecule has 0 aliphatic carbocycles. The third kappa shape index (κ3) is 5.04. The molecule has 0 saturated carbocycles. The predicted molar refractivity (Wildman–Crippen MR) is 69.4 cm³/mol. The number of thioether (sulfide) groups is 1. The van der Waals surface area contributed by atoms with Gasteiger partial charge in [0, 0.05) is 0 Å². The first-order valence-corrected chi connectivity index (χ1v) is 6.66. The third-order valence-corrected chi connectivity index (χ3v) is 3.11. The Morgan fingerprint density at radius 1 is 1.53 bits per heavy atom. The fourth-order valence-electron chi connectivity index (χ4n) is 1.26. The van der Waals surface area contributed by atoms with Gasteiger partial charge in [0.2, 0.25) is 0 Å². The van der Waals surface area contributed by atoms with Gasteiger partial charge in [0.05, 0.1) is 5.69 Å². The van der Waals surface area contributed by atoms with Gasteiger partial charge in [-0.15, -0.1) is 5.10 Å². The molecule has 0 amide bonds. The van der Waals surface area contributed by atoms with Gasteiger partial charge in [0.15, 0.2) is 0 Å². The molecule has 6 heteroatoms. The molecule has 0 fully saturated rings. The summed E-state index contributed by atoms with van der Waals surface area (Å²) in [6.07, 6.45) is 0.573. The van der Waals surface area contributed by atoms with Crippen molar-refractivity contribution >= 4 is 23.5 Å². The molecule has 1 unspecified atom stereocenters. The average Bonchev–Trinajstić information content (AvgIpc) is 2.30. The van der Waals surface area contributed by atoms with E-state index in [4.69, 9.17) is 5.11 Å². The number of carboxylic acids is 1. The molecule has 0 aliphatic rings. The SMILES string of the molecule is CCSCCC(Nc1ccc(C)nn1)C(=O)O. The number of rotatable bonds is 7. The molecular formula is C11H17N3O2S. The molecule has 1 atom stereocenters. The van der Waals surface area contributed by atoms with Crippen molar-refractivity contribution in [2.75, 3.05) is 16.8 Å². The number of carboxylic acid groups (broad SMARTS) is 1. The molecule has 5 nitrogen and oxygen atoms in total. The van der Waals surface area contributed by atoms with E-state index < -0.39 is 12.0 Å². The summed E-state index contributed by atoms with van der Waals surface area (Å²) in [5.74, 6) is 1.46. The van der Waals surface area contributed by atoms with E-state index in [0.717, 1.165) is 17.2 Å². The maximum Gasteiger partial charge on any atom is 0.326 e. The fraction of sp³-hybridized carbons (Fsp3) is 0.545. The highest BCUT2D eigenvalue weighted by Crippen LogP contribution is 2.09. The number of aromatic nitrogens is 2. The lowest BCUT2D eigenvalue weighted by Crippen LogP contribution is -2.30. The number of hydrogen-bond donors (Lipinski definition) is 2. The smallest absolute Gasteiger partial charge is 0.326 e. The lowest BCUT2D eigenvalue weighted by Gasteiger charge is -2.14. The van der Waals surface area contributed by atoms with Crippen LogP contribution in [0.3, 0.4) is 0 Å². The van der Waals surface area contributed by atoms with Gasteiger partial charge in [-0.3, -0.25) is 0 Å². The van der Waals surface area contributed by atoms with Gasteiger partial charge in [-0.25, -0.2) is 4.79 Å². The van der Waals surface area contributed by atoms with Crippen LogP contribution >= 0.6 is 11.8 Å². The van der Waals surface area contributed by atoms with E-state index in [1.807, 2.05) is 6.92 Å². The van der Waals surface area contributed by atoms with E-state index in [2.05, 4.69) is 22.4 Å². The minimum absolute atomic E-state index is 0.504. The minimum atomic E-state index is -0.857. The molecule has 94 valence electrons. The Bertz CT molecular complexity index is 356. The van der Waals surface area contributed by atoms with Crippen LogP contribution in [-0.2, 0) is 4.79 Å². The van der Waals surface area contributed by atoms with Crippen molar-refractivity contribution < 1.29 is 9.90 Å². The molecule has 1 rings (SSSR count). The number of aliphatic carboxylic acids is 1. The Labute approximate surface area is 105 Å². The monoisotopic (exact) mass is 255 g/mol. The van der Waals surface area contributed by atoms with E-state index in [-0.39, 0.29) is 0 Å². The zero-order valence-corrected chi connectivity index (χ0v) is 10.8. The number of hydrogen-bond acceptors (Lipinski definition) is 5. The van der Waals surface area contributed by atoms with Crippen molar-refractivity contribution in [2.45, 2.75) is 26.3 Å². The summed E-state index contributed by atoms with van der Waals surface area (Å²) in [5.41, 5.74) is 0.809. The Morgan fingerprint density at radius 2 is 2.29 bits per heavy atom. The number of aryl methyl sites for hydroxylation is 1. The highest BCUT2D eigenvalue weighted by Gasteiger charge is 2.17. The van der Waals surface area contributed by atoms with E-state index in [1.54, 1.807) is 23.9 Å². The van der Waals surface area contributed by atoms with Gasteiger partial charge in [-0.05, 0) is 37.0 Å². The van der Waals surface area contributed by atoms with E-state index in [9.17, 15) is 4.79 Å². The normalized spacial score (nSPS) is 12.1. The van der Waals surface area contributed by atoms with Gasteiger partial charge in [0.1, 0.15) is 11.9 Å². The van der Waals surface area contributed by atoms with E-state index in [1.165, 1.54) is 0 Å². The Balaban J connectivity index is 2.54. The molecule has 0 aromatic carbocycles. The van der Waals surface area contributed by atoms with Gasteiger partial charge in [-0.2, -0.15) is 16.9 Å². The lowest BCUT2D eigenvalue weighted by molar-refractivity contribution is -0.137. The molecule has 2 N–H and O–H groups in total. The second kappa shape index (κ2) is 7.11. The Kier molecular flexibility index (Phi) is 5.76. The van der Waals surface area contributed by atoms with Crippen LogP contribution in [0.1, 0.15) is 19.0 Å². The third-order valence-electron chi connectivity index (χ3n) is 2.17. The van der Waals surface area contributed by atoms with Crippen LogP contribution in [0.15, 0.2) is 12.1 Å². The summed E-state index contributed by atoms with van der Waals surface area (Å²) in [6.45, 7) is 3.89. The van der Waals surface area contributed by atoms with Gasteiger partial charge in [-0.1, -0.05) is 6.92 Å². The largest absolute Gasteiger partial charge is 0.480 e. The molecule has 0 spiro atoms. The molecular weight excluding hydrogens is 238 g/mol. The first-order chi connectivity index (χ1) is 8.13. The maximum absolute atomic E-state index is 11.0. The molecule has 1 heterocycles. The van der Waals surface area contributed by atoms with Gasteiger partial charge < -0.3 is 10.4 Å². The standard InChI is InChI=1S/C11H17N3O2S/c1-3-17-7-6-9(11(15)16)12-10-5-4-8(2)13-14-10/h4-5,9H,3,6-7H2,1-2H3,(H,12,14)(H,15,16). The van der Waals surface area contributed by atoms with Crippen LogP contribution in [-0.4, -0.2) is 38.8 Å². The van der Waals surface area contributed by atoms with Crippen molar-refractivity contribution in [1.29, 1.82) is 0 Å². The van der Waals surface area contributed by atoms with Crippen molar-refractivity contribution in [2.24, 2.45) is 0 Å². The van der Waals surface area contributed by atoms with Crippen LogP contribution in [0, 0.1) is 6.92 Å². The fourth-order valence-corrected chi connectivity index (χ4v) is 1.95. The average molecular weight is 255 g/mol. The molecule has 0 aliphatic heterocycles. The Morgan fingerprint density at radius 3 is 2.82 bits per heavy atom. The predicted octanol–water partition coefficient (Wildman–Crippen LogP) is 1.79. The first kappa shape index (κ1) is 13.8. The second-order valence-electron chi connectivity index (χ2n) is 3.58. The zero-order chi connectivity index (χ0) is 12.7. The van der Waals surface area contributed by atoms with Crippen molar-refractivity contribution in [3.05, 3.63) is 17.8 Å². The van der Waals surface area contributed by atoms with Crippen molar-refractivity contribution in [1.82, 2.24) is 10.2 Å². The highest BCUT2D eigenvalue weighted by molar-refractivity contribution is 7.99. The van der Waals surface area contributed by atoms with Crippen LogP contribution in [0.2, 0.25) is 0 Å². The molecule has 1 aromatic heterocycles. The van der Waals surface area contributed by atoms with Crippen LogP contribution in [0.4, 0.5) is 5.82 Å². The summed E-state index contributed by atoms with van der Waals surface area (Å²) >= 11 is 1.73. The lowest BCUT2D eigenvalue weighted by atomic mass is 10.2. The van der Waals surface area contributed by atoms with Crippen molar-refractivity contribution in [3.63, 3.8) is 0 Å². The number of nitrogens with zero attached hydrogens (tertiary/aromatic N) is 2. The minimum Gasteiger partial charge on any atom is -0.480 e. The summed E-state index contributed by atoms with van der Waals surface area (Å²) in [4.78, 5) is 11.0. The second-order valence-corrected chi connectivity index (χ2v) is 4.97. The molecule has 1 aromatic rings. The van der Waals surface area contributed by atoms with Gasteiger partial charge in [0.25, 0.3) is 0 Å². The van der Waals surface area contributed by atoms with Gasteiger partial charge >= 0.3 is 5.97 Å².